The number of aromatic nitrogens is 3. The van der Waals surface area contributed by atoms with Gasteiger partial charge in [-0.3, -0.25) is 4.79 Å². The number of halogens is 1. The van der Waals surface area contributed by atoms with Gasteiger partial charge < -0.3 is 10.7 Å². The average Bonchev–Trinajstić information content (AvgIpc) is 3.25. The molecule has 2 N–H and O–H groups in total. The number of hydrogen-bond acceptors (Lipinski definition) is 5. The van der Waals surface area contributed by atoms with E-state index in [1.165, 1.54) is 11.8 Å². The largest absolute Gasteiger partial charge is 0.325 e. The molecule has 1 aliphatic rings. The highest BCUT2D eigenvalue weighted by Crippen LogP contribution is 2.39. The Morgan fingerprint density at radius 2 is 1.76 bits per heavy atom. The van der Waals surface area contributed by atoms with Crippen molar-refractivity contribution >= 4 is 35.0 Å². The number of fused-ring (bicyclic) bond motifs is 1. The molecule has 0 bridgehead atoms. The third kappa shape index (κ3) is 4.21. The van der Waals surface area contributed by atoms with Crippen LogP contribution >= 0.6 is 23.4 Å². The van der Waals surface area contributed by atoms with Gasteiger partial charge in [0.2, 0.25) is 11.1 Å². The maximum Gasteiger partial charge on any atom is 0.240 e. The van der Waals surface area contributed by atoms with Crippen molar-refractivity contribution in [1.82, 2.24) is 14.9 Å². The summed E-state index contributed by atoms with van der Waals surface area (Å²) in [5.74, 6) is 0.582. The number of nitrogens with zero attached hydrogens (tertiary/aromatic N) is 3. The molecule has 1 aliphatic heterocycles. The van der Waals surface area contributed by atoms with Crippen molar-refractivity contribution < 1.29 is 4.79 Å². The molecule has 3 aromatic carbocycles. The fraction of sp³-hybridized carbons (Fsp3) is 0.160. The molecule has 33 heavy (non-hydrogen) atoms. The van der Waals surface area contributed by atoms with Gasteiger partial charge in [-0.2, -0.15) is 0 Å². The SMILES string of the molecule is Cc1ccc([C@@H]2Nn3c(nnc3-c3ccccc3)S[C@@H]2C(=O)Nc2cccc(Cl)c2C)cc1. The van der Waals surface area contributed by atoms with Crippen molar-refractivity contribution in [2.24, 2.45) is 0 Å². The van der Waals surface area contributed by atoms with E-state index in [0.29, 0.717) is 21.7 Å². The molecule has 4 aromatic rings. The average molecular weight is 476 g/mol. The lowest BCUT2D eigenvalue weighted by atomic mass is 10.0. The summed E-state index contributed by atoms with van der Waals surface area (Å²) in [6.07, 6.45) is 0. The number of carbonyl (C=O) groups excluding carboxylic acids is 1. The number of rotatable bonds is 4. The molecule has 1 amide bonds. The Bertz CT molecular complexity index is 1310. The fourth-order valence-electron chi connectivity index (χ4n) is 3.80. The van der Waals surface area contributed by atoms with Gasteiger partial charge in [0, 0.05) is 16.3 Å². The predicted molar refractivity (Wildman–Crippen MR) is 133 cm³/mol. The van der Waals surface area contributed by atoms with Crippen LogP contribution in [0, 0.1) is 13.8 Å². The molecule has 1 aromatic heterocycles. The van der Waals surface area contributed by atoms with Crippen LogP contribution in [0.3, 0.4) is 0 Å². The van der Waals surface area contributed by atoms with Crippen molar-refractivity contribution in [3.05, 3.63) is 94.5 Å². The molecule has 0 spiro atoms. The van der Waals surface area contributed by atoms with Crippen molar-refractivity contribution in [3.8, 4) is 11.4 Å². The first kappa shape index (κ1) is 21.6. The zero-order valence-corrected chi connectivity index (χ0v) is 19.7. The smallest absolute Gasteiger partial charge is 0.240 e. The van der Waals surface area contributed by atoms with Crippen LogP contribution in [-0.4, -0.2) is 26.0 Å². The minimum Gasteiger partial charge on any atom is -0.325 e. The lowest BCUT2D eigenvalue weighted by Crippen LogP contribution is -2.41. The van der Waals surface area contributed by atoms with Crippen LogP contribution in [0.5, 0.6) is 0 Å². The monoisotopic (exact) mass is 475 g/mol. The van der Waals surface area contributed by atoms with Crippen LogP contribution in [-0.2, 0) is 4.79 Å². The Morgan fingerprint density at radius 3 is 2.52 bits per heavy atom. The molecule has 0 radical (unpaired) electrons. The van der Waals surface area contributed by atoms with Crippen LogP contribution in [0.2, 0.25) is 5.02 Å². The second-order valence-electron chi connectivity index (χ2n) is 7.97. The maximum atomic E-state index is 13.5. The van der Waals surface area contributed by atoms with Gasteiger partial charge in [-0.1, -0.05) is 89.6 Å². The number of nitrogens with one attached hydrogen (secondary N) is 2. The quantitative estimate of drug-likeness (QED) is 0.401. The van der Waals surface area contributed by atoms with Gasteiger partial charge in [-0.05, 0) is 37.1 Å². The highest BCUT2D eigenvalue weighted by Gasteiger charge is 2.38. The molecule has 0 saturated heterocycles. The summed E-state index contributed by atoms with van der Waals surface area (Å²) in [6.45, 7) is 3.94. The van der Waals surface area contributed by atoms with Gasteiger partial charge in [0.15, 0.2) is 5.82 Å². The first-order chi connectivity index (χ1) is 16.0. The highest BCUT2D eigenvalue weighted by atomic mass is 35.5. The van der Waals surface area contributed by atoms with Crippen molar-refractivity contribution in [2.45, 2.75) is 30.3 Å². The molecule has 2 heterocycles. The zero-order chi connectivity index (χ0) is 22.9. The van der Waals surface area contributed by atoms with E-state index in [-0.39, 0.29) is 11.9 Å². The Balaban J connectivity index is 1.52. The predicted octanol–water partition coefficient (Wildman–Crippen LogP) is 5.61. The summed E-state index contributed by atoms with van der Waals surface area (Å²) < 4.78 is 1.87. The number of thioether (sulfide) groups is 1. The molecule has 5 rings (SSSR count). The Labute approximate surface area is 201 Å². The van der Waals surface area contributed by atoms with Gasteiger partial charge in [0.1, 0.15) is 5.25 Å². The van der Waals surface area contributed by atoms with Crippen molar-refractivity contribution in [3.63, 3.8) is 0 Å². The Hall–Kier alpha value is -3.29. The third-order valence-corrected chi connectivity index (χ3v) is 7.31. The second-order valence-corrected chi connectivity index (χ2v) is 9.48. The standard InChI is InChI=1S/C25H22ClN5OS/c1-15-11-13-17(14-12-15)21-22(24(32)27-20-10-6-9-19(26)16(20)2)33-25-29-28-23(31(25)30-21)18-7-4-3-5-8-18/h3-14,21-22,30H,1-2H3,(H,27,32)/t21-,22-/m0/s1. The zero-order valence-electron chi connectivity index (χ0n) is 18.1. The van der Waals surface area contributed by atoms with E-state index in [2.05, 4.69) is 45.2 Å². The normalized spacial score (nSPS) is 17.2. The fourth-order valence-corrected chi connectivity index (χ4v) is 5.05. The first-order valence-electron chi connectivity index (χ1n) is 10.6. The molecular formula is C25H22ClN5OS. The summed E-state index contributed by atoms with van der Waals surface area (Å²) in [5.41, 5.74) is 8.16. The lowest BCUT2D eigenvalue weighted by Gasteiger charge is -2.33. The van der Waals surface area contributed by atoms with Crippen LogP contribution in [0.4, 0.5) is 5.69 Å². The molecule has 0 saturated carbocycles. The minimum atomic E-state index is -0.466. The van der Waals surface area contributed by atoms with E-state index in [1.807, 2.05) is 67.1 Å². The van der Waals surface area contributed by atoms with E-state index in [0.717, 1.165) is 22.3 Å². The van der Waals surface area contributed by atoms with Crippen LogP contribution in [0.1, 0.15) is 22.7 Å². The molecule has 0 fully saturated rings. The van der Waals surface area contributed by atoms with E-state index in [4.69, 9.17) is 11.6 Å². The summed E-state index contributed by atoms with van der Waals surface area (Å²) in [7, 11) is 0. The van der Waals surface area contributed by atoms with Gasteiger partial charge in [0.25, 0.3) is 0 Å². The van der Waals surface area contributed by atoms with E-state index < -0.39 is 5.25 Å². The van der Waals surface area contributed by atoms with Crippen molar-refractivity contribution in [1.29, 1.82) is 0 Å². The van der Waals surface area contributed by atoms with Gasteiger partial charge in [0.05, 0.1) is 6.04 Å². The van der Waals surface area contributed by atoms with Gasteiger partial charge in [-0.15, -0.1) is 10.2 Å². The summed E-state index contributed by atoms with van der Waals surface area (Å²) >= 11 is 7.66. The number of benzene rings is 3. The molecule has 6 nitrogen and oxygen atoms in total. The topological polar surface area (TPSA) is 71.8 Å². The Morgan fingerprint density at radius 1 is 1.00 bits per heavy atom. The lowest BCUT2D eigenvalue weighted by molar-refractivity contribution is -0.116. The van der Waals surface area contributed by atoms with E-state index >= 15 is 0 Å². The van der Waals surface area contributed by atoms with Gasteiger partial charge in [-0.25, -0.2) is 4.68 Å². The molecule has 8 heteroatoms. The highest BCUT2D eigenvalue weighted by molar-refractivity contribution is 8.00. The first-order valence-corrected chi connectivity index (χ1v) is 11.8. The van der Waals surface area contributed by atoms with Crippen LogP contribution < -0.4 is 10.7 Å². The number of hydrogen-bond donors (Lipinski definition) is 2. The second kappa shape index (κ2) is 8.92. The van der Waals surface area contributed by atoms with E-state index in [9.17, 15) is 4.79 Å². The summed E-state index contributed by atoms with van der Waals surface area (Å²) in [6, 6.07) is 23.3. The number of amides is 1. The molecule has 166 valence electrons. The Kier molecular flexibility index (Phi) is 5.83. The molecule has 0 unspecified atom stereocenters. The van der Waals surface area contributed by atoms with Crippen LogP contribution in [0.25, 0.3) is 11.4 Å². The third-order valence-electron chi connectivity index (χ3n) is 5.69. The van der Waals surface area contributed by atoms with Gasteiger partial charge >= 0.3 is 0 Å². The molecular weight excluding hydrogens is 454 g/mol. The van der Waals surface area contributed by atoms with Crippen molar-refractivity contribution in [2.75, 3.05) is 10.7 Å². The number of aryl methyl sites for hydroxylation is 1. The summed E-state index contributed by atoms with van der Waals surface area (Å²) in [5, 5.41) is 12.6. The molecule has 0 aliphatic carbocycles. The minimum absolute atomic E-state index is 0.126. The molecule has 2 atom stereocenters. The van der Waals surface area contributed by atoms with Crippen LogP contribution in [0.15, 0.2) is 78.0 Å². The van der Waals surface area contributed by atoms with E-state index in [1.54, 1.807) is 0 Å². The number of anilines is 1. The summed E-state index contributed by atoms with van der Waals surface area (Å²) in [4.78, 5) is 13.5. The number of carbonyl (C=O) groups is 1. The maximum absolute atomic E-state index is 13.5.